The molecule has 10 nitrogen and oxygen atoms in total. The van der Waals surface area contributed by atoms with Crippen LogP contribution in [0.5, 0.6) is 0 Å². The Hall–Kier alpha value is -4.25. The molecule has 1 saturated heterocycles. The Labute approximate surface area is 189 Å². The van der Waals surface area contributed by atoms with E-state index < -0.39 is 29.7 Å². The second-order valence-electron chi connectivity index (χ2n) is 7.73. The lowest BCUT2D eigenvalue weighted by molar-refractivity contribution is -0.136. The van der Waals surface area contributed by atoms with Crippen molar-refractivity contribution in [1.82, 2.24) is 30.2 Å². The third kappa shape index (κ3) is 2.97. The number of piperidine rings is 1. The Morgan fingerprint density at radius 1 is 1.06 bits per heavy atom. The molecule has 4 aromatic rings. The summed E-state index contributed by atoms with van der Waals surface area (Å²) in [5, 5.41) is 10.6. The lowest BCUT2D eigenvalue weighted by atomic mass is 10.0. The Balaban J connectivity index is 1.38. The number of nitrogens with one attached hydrogen (secondary N) is 1. The van der Waals surface area contributed by atoms with Gasteiger partial charge in [-0.15, -0.1) is 16.4 Å². The zero-order valence-electron chi connectivity index (χ0n) is 16.9. The van der Waals surface area contributed by atoms with Crippen molar-refractivity contribution in [2.45, 2.75) is 18.9 Å². The molecular formula is C22H14N6O4S. The molecule has 0 bridgehead atoms. The van der Waals surface area contributed by atoms with Crippen LogP contribution >= 0.6 is 11.3 Å². The number of fused-ring (bicyclic) bond motifs is 2. The Kier molecular flexibility index (Phi) is 4.20. The van der Waals surface area contributed by atoms with E-state index in [1.807, 2.05) is 18.2 Å². The topological polar surface area (TPSA) is 127 Å². The van der Waals surface area contributed by atoms with Gasteiger partial charge in [0.1, 0.15) is 11.7 Å². The van der Waals surface area contributed by atoms with Crippen LogP contribution in [0.2, 0.25) is 0 Å². The highest BCUT2D eigenvalue weighted by molar-refractivity contribution is 7.16. The average molecular weight is 458 g/mol. The van der Waals surface area contributed by atoms with Crippen molar-refractivity contribution in [1.29, 1.82) is 0 Å². The van der Waals surface area contributed by atoms with E-state index in [-0.39, 0.29) is 24.0 Å². The van der Waals surface area contributed by atoms with Crippen LogP contribution in [0.3, 0.4) is 0 Å². The molecule has 0 saturated carbocycles. The van der Waals surface area contributed by atoms with Gasteiger partial charge in [0.25, 0.3) is 11.8 Å². The van der Waals surface area contributed by atoms with Crippen molar-refractivity contribution >= 4 is 45.2 Å². The molecule has 2 aliphatic rings. The van der Waals surface area contributed by atoms with Gasteiger partial charge in [-0.3, -0.25) is 29.4 Å². The van der Waals surface area contributed by atoms with Gasteiger partial charge in [0.2, 0.25) is 11.8 Å². The number of aromatic nitrogens is 4. The van der Waals surface area contributed by atoms with Crippen molar-refractivity contribution in [2.24, 2.45) is 0 Å². The van der Waals surface area contributed by atoms with E-state index in [1.54, 1.807) is 41.2 Å². The number of nitrogens with zero attached hydrogens (tertiary/aromatic N) is 5. The predicted octanol–water partition coefficient (Wildman–Crippen LogP) is 1.95. The SMILES string of the molecule is O=C1CCC(N2C(=O)c3cccc(-n4cc(-c5ccc6scnc6c5)nn4)c3C2=O)C(=O)N1. The van der Waals surface area contributed by atoms with E-state index in [1.165, 1.54) is 4.68 Å². The van der Waals surface area contributed by atoms with Gasteiger partial charge in [-0.1, -0.05) is 17.3 Å². The predicted molar refractivity (Wildman–Crippen MR) is 117 cm³/mol. The van der Waals surface area contributed by atoms with Crippen molar-refractivity contribution in [3.63, 3.8) is 0 Å². The number of carbonyl (C=O) groups excluding carboxylic acids is 4. The summed E-state index contributed by atoms with van der Waals surface area (Å²) in [4.78, 5) is 55.4. The van der Waals surface area contributed by atoms with Crippen LogP contribution in [0.4, 0.5) is 0 Å². The van der Waals surface area contributed by atoms with Gasteiger partial charge < -0.3 is 0 Å². The molecule has 1 N–H and O–H groups in total. The molecule has 6 rings (SSSR count). The number of amides is 4. The highest BCUT2D eigenvalue weighted by atomic mass is 32.1. The molecule has 1 unspecified atom stereocenters. The second kappa shape index (κ2) is 7.14. The number of carbonyl (C=O) groups is 4. The number of rotatable bonds is 3. The Morgan fingerprint density at radius 3 is 2.79 bits per heavy atom. The fraction of sp³-hybridized carbons (Fsp3) is 0.136. The van der Waals surface area contributed by atoms with E-state index in [4.69, 9.17) is 0 Å². The summed E-state index contributed by atoms with van der Waals surface area (Å²) in [5.41, 5.74) is 4.75. The second-order valence-corrected chi connectivity index (χ2v) is 8.62. The van der Waals surface area contributed by atoms with Crippen molar-refractivity contribution < 1.29 is 19.2 Å². The molecule has 4 amide bonds. The summed E-state index contributed by atoms with van der Waals surface area (Å²) in [7, 11) is 0. The third-order valence-electron chi connectivity index (χ3n) is 5.81. The molecule has 0 radical (unpaired) electrons. The van der Waals surface area contributed by atoms with E-state index in [0.717, 1.165) is 20.7 Å². The van der Waals surface area contributed by atoms with Crippen LogP contribution in [-0.2, 0) is 9.59 Å². The molecule has 2 aliphatic heterocycles. The maximum atomic E-state index is 13.3. The van der Waals surface area contributed by atoms with Gasteiger partial charge in [-0.05, 0) is 30.7 Å². The summed E-state index contributed by atoms with van der Waals surface area (Å²) in [6.07, 6.45) is 1.83. The minimum absolute atomic E-state index is 0.0619. The maximum Gasteiger partial charge on any atom is 0.264 e. The molecule has 4 heterocycles. The fourth-order valence-corrected chi connectivity index (χ4v) is 4.88. The zero-order valence-corrected chi connectivity index (χ0v) is 17.7. The summed E-state index contributed by atoms with van der Waals surface area (Å²) in [5.74, 6) is -2.23. The molecule has 0 aliphatic carbocycles. The smallest absolute Gasteiger partial charge is 0.264 e. The standard InChI is InChI=1S/C22H14N6O4S/c29-18-7-5-16(20(30)24-18)28-21(31)12-2-1-3-15(19(12)22(28)32)27-9-14(25-26-27)11-4-6-17-13(8-11)23-10-33-17/h1-4,6,8-10,16H,5,7H2,(H,24,29,30). The fourth-order valence-electron chi connectivity index (χ4n) is 4.22. The van der Waals surface area contributed by atoms with E-state index in [2.05, 4.69) is 20.6 Å². The summed E-state index contributed by atoms with van der Waals surface area (Å²) < 4.78 is 2.50. The Bertz CT molecular complexity index is 1510. The molecule has 2 aromatic heterocycles. The molecular weight excluding hydrogens is 444 g/mol. The lowest BCUT2D eigenvalue weighted by Gasteiger charge is -2.27. The summed E-state index contributed by atoms with van der Waals surface area (Å²) >= 11 is 1.55. The van der Waals surface area contributed by atoms with Gasteiger partial charge in [0.05, 0.1) is 38.7 Å². The number of thiazole rings is 1. The van der Waals surface area contributed by atoms with Gasteiger partial charge in [-0.2, -0.15) is 0 Å². The normalized spacial score (nSPS) is 18.2. The minimum atomic E-state index is -1.03. The molecule has 11 heteroatoms. The van der Waals surface area contributed by atoms with Crippen molar-refractivity contribution in [3.8, 4) is 16.9 Å². The highest BCUT2D eigenvalue weighted by Crippen LogP contribution is 2.32. The quantitative estimate of drug-likeness (QED) is 0.465. The third-order valence-corrected chi connectivity index (χ3v) is 6.62. The van der Waals surface area contributed by atoms with E-state index in [9.17, 15) is 19.2 Å². The monoisotopic (exact) mass is 458 g/mol. The van der Waals surface area contributed by atoms with E-state index >= 15 is 0 Å². The van der Waals surface area contributed by atoms with Gasteiger partial charge in [0.15, 0.2) is 0 Å². The Morgan fingerprint density at radius 2 is 1.94 bits per heavy atom. The van der Waals surface area contributed by atoms with Crippen LogP contribution in [0, 0.1) is 0 Å². The summed E-state index contributed by atoms with van der Waals surface area (Å²) in [6.45, 7) is 0. The van der Waals surface area contributed by atoms with Gasteiger partial charge >= 0.3 is 0 Å². The number of hydrogen-bond donors (Lipinski definition) is 1. The van der Waals surface area contributed by atoms with Crippen molar-refractivity contribution in [3.05, 3.63) is 59.2 Å². The summed E-state index contributed by atoms with van der Waals surface area (Å²) in [6, 6.07) is 9.62. The number of imide groups is 2. The molecule has 1 fully saturated rings. The molecule has 1 atom stereocenters. The van der Waals surface area contributed by atoms with Crippen LogP contribution < -0.4 is 5.32 Å². The number of benzene rings is 2. The van der Waals surface area contributed by atoms with Gasteiger partial charge in [0, 0.05) is 12.0 Å². The van der Waals surface area contributed by atoms with E-state index in [0.29, 0.717) is 11.4 Å². The van der Waals surface area contributed by atoms with Crippen molar-refractivity contribution in [2.75, 3.05) is 0 Å². The number of hydrogen-bond acceptors (Lipinski definition) is 8. The molecule has 0 spiro atoms. The first kappa shape index (κ1) is 19.4. The zero-order chi connectivity index (χ0) is 22.7. The van der Waals surface area contributed by atoms with Gasteiger partial charge in [-0.25, -0.2) is 9.67 Å². The first-order valence-electron chi connectivity index (χ1n) is 10.1. The first-order valence-corrected chi connectivity index (χ1v) is 11.0. The molecule has 2 aromatic carbocycles. The van der Waals surface area contributed by atoms with Crippen LogP contribution in [0.1, 0.15) is 33.6 Å². The minimum Gasteiger partial charge on any atom is -0.295 e. The molecule has 33 heavy (non-hydrogen) atoms. The maximum absolute atomic E-state index is 13.3. The first-order chi connectivity index (χ1) is 16.0. The van der Waals surface area contributed by atoms with Crippen LogP contribution in [-0.4, -0.2) is 54.5 Å². The largest absolute Gasteiger partial charge is 0.295 e. The van der Waals surface area contributed by atoms with Crippen LogP contribution in [0.15, 0.2) is 48.1 Å². The highest BCUT2D eigenvalue weighted by Gasteiger charge is 2.45. The molecule has 162 valence electrons. The lowest BCUT2D eigenvalue weighted by Crippen LogP contribution is -2.54. The van der Waals surface area contributed by atoms with Crippen LogP contribution in [0.25, 0.3) is 27.2 Å². The average Bonchev–Trinajstić information content (AvgIpc) is 3.53.